The van der Waals surface area contributed by atoms with Crippen LogP contribution in [-0.2, 0) is 24.2 Å². The van der Waals surface area contributed by atoms with Crippen LogP contribution in [0.3, 0.4) is 0 Å². The van der Waals surface area contributed by atoms with E-state index in [1.807, 2.05) is 31.2 Å². The zero-order valence-corrected chi connectivity index (χ0v) is 19.2. The van der Waals surface area contributed by atoms with Crippen LogP contribution in [0.2, 0.25) is 0 Å². The van der Waals surface area contributed by atoms with Crippen LogP contribution in [0.1, 0.15) is 52.6 Å². The third-order valence-electron chi connectivity index (χ3n) is 5.05. The first-order valence-electron chi connectivity index (χ1n) is 10.7. The first-order chi connectivity index (χ1) is 15.6. The van der Waals surface area contributed by atoms with Gasteiger partial charge in [-0.25, -0.2) is 14.5 Å². The van der Waals surface area contributed by atoms with E-state index in [-0.39, 0.29) is 6.61 Å². The topological polar surface area (TPSA) is 82.8 Å². The van der Waals surface area contributed by atoms with Crippen molar-refractivity contribution < 1.29 is 9.53 Å². The van der Waals surface area contributed by atoms with Crippen LogP contribution < -0.4 is 0 Å². The second kappa shape index (κ2) is 9.82. The fourth-order valence-electron chi connectivity index (χ4n) is 3.29. The zero-order chi connectivity index (χ0) is 22.5. The van der Waals surface area contributed by atoms with Crippen LogP contribution in [0.4, 0.5) is 0 Å². The number of esters is 1. The summed E-state index contributed by atoms with van der Waals surface area (Å²) in [7, 11) is 0. The van der Waals surface area contributed by atoms with Gasteiger partial charge in [0, 0.05) is 17.5 Å². The average Bonchev–Trinajstić information content (AvgIpc) is 3.45. The predicted molar refractivity (Wildman–Crippen MR) is 124 cm³/mol. The van der Waals surface area contributed by atoms with Crippen LogP contribution in [0, 0.1) is 6.92 Å². The Morgan fingerprint density at radius 3 is 2.69 bits per heavy atom. The van der Waals surface area contributed by atoms with Gasteiger partial charge in [0.05, 0.1) is 17.6 Å². The maximum absolute atomic E-state index is 12.7. The van der Waals surface area contributed by atoms with Crippen molar-refractivity contribution in [2.45, 2.75) is 46.6 Å². The van der Waals surface area contributed by atoms with E-state index in [1.165, 1.54) is 16.9 Å². The number of carbonyl (C=O) groups is 1. The Hall–Kier alpha value is -3.39. The van der Waals surface area contributed by atoms with E-state index in [4.69, 9.17) is 4.74 Å². The summed E-state index contributed by atoms with van der Waals surface area (Å²) in [5, 5.41) is 9.04. The highest BCUT2D eigenvalue weighted by atomic mass is 32.1. The first-order valence-corrected chi connectivity index (χ1v) is 11.5. The molecule has 0 bridgehead atoms. The summed E-state index contributed by atoms with van der Waals surface area (Å²) in [4.78, 5) is 22.1. The highest BCUT2D eigenvalue weighted by molar-refractivity contribution is 7.17. The molecule has 0 N–H and O–H groups in total. The van der Waals surface area contributed by atoms with E-state index >= 15 is 0 Å². The van der Waals surface area contributed by atoms with Crippen molar-refractivity contribution in [3.8, 4) is 16.3 Å². The van der Waals surface area contributed by atoms with Crippen molar-refractivity contribution in [2.24, 2.45) is 0 Å². The zero-order valence-electron chi connectivity index (χ0n) is 18.4. The highest BCUT2D eigenvalue weighted by Crippen LogP contribution is 2.29. The van der Waals surface area contributed by atoms with E-state index < -0.39 is 5.97 Å². The van der Waals surface area contributed by atoms with Gasteiger partial charge in [-0.15, -0.1) is 16.4 Å². The smallest absolute Gasteiger partial charge is 0.350 e. The molecule has 7 nitrogen and oxygen atoms in total. The molecule has 0 radical (unpaired) electrons. The molecule has 0 amide bonds. The van der Waals surface area contributed by atoms with Crippen LogP contribution in [0.25, 0.3) is 16.3 Å². The Labute approximate surface area is 191 Å². The fourth-order valence-corrected chi connectivity index (χ4v) is 4.25. The normalized spacial score (nSPS) is 11.0. The maximum Gasteiger partial charge on any atom is 0.350 e. The van der Waals surface area contributed by atoms with Crippen LogP contribution in [0.5, 0.6) is 0 Å². The van der Waals surface area contributed by atoms with Gasteiger partial charge in [0.2, 0.25) is 0 Å². The molecule has 0 fully saturated rings. The summed E-state index contributed by atoms with van der Waals surface area (Å²) in [6.07, 6.45) is 6.48. The molecular formula is C24H25N5O2S. The van der Waals surface area contributed by atoms with Crippen molar-refractivity contribution in [3.63, 3.8) is 0 Å². The van der Waals surface area contributed by atoms with E-state index in [1.54, 1.807) is 17.1 Å². The second-order valence-electron chi connectivity index (χ2n) is 7.47. The molecule has 0 atom stereocenters. The minimum Gasteiger partial charge on any atom is -0.455 e. The minimum atomic E-state index is -0.407. The largest absolute Gasteiger partial charge is 0.455 e. The molecule has 0 aliphatic heterocycles. The van der Waals surface area contributed by atoms with Crippen molar-refractivity contribution in [1.82, 2.24) is 25.0 Å². The molecular weight excluding hydrogens is 422 g/mol. The molecule has 3 heterocycles. The summed E-state index contributed by atoms with van der Waals surface area (Å²) in [5.74, 6) is -0.407. The molecule has 0 spiro atoms. The Kier molecular flexibility index (Phi) is 6.70. The van der Waals surface area contributed by atoms with Gasteiger partial charge < -0.3 is 4.74 Å². The summed E-state index contributed by atoms with van der Waals surface area (Å²) in [5.41, 5.74) is 5.40. The number of rotatable bonds is 8. The highest BCUT2D eigenvalue weighted by Gasteiger charge is 2.18. The standard InChI is InChI=1S/C24H25N5O2S/c1-4-6-19-13-18(11-12-25-19)23-26-16(3)22(32-23)24(30)31-15-20-14-29(28-27-20)21-9-7-17(5-2)8-10-21/h7-14H,4-6,15H2,1-3H3. The van der Waals surface area contributed by atoms with Gasteiger partial charge in [0.25, 0.3) is 0 Å². The van der Waals surface area contributed by atoms with E-state index in [0.717, 1.165) is 41.2 Å². The third-order valence-corrected chi connectivity index (χ3v) is 6.24. The fraction of sp³-hybridized carbons (Fsp3) is 0.292. The molecule has 164 valence electrons. The average molecular weight is 448 g/mol. The molecule has 0 aliphatic rings. The Morgan fingerprint density at radius 2 is 1.94 bits per heavy atom. The summed E-state index contributed by atoms with van der Waals surface area (Å²) < 4.78 is 7.17. The lowest BCUT2D eigenvalue weighted by Crippen LogP contribution is -2.05. The van der Waals surface area contributed by atoms with Crippen LogP contribution in [-0.4, -0.2) is 30.9 Å². The number of pyridine rings is 1. The lowest BCUT2D eigenvalue weighted by atomic mass is 10.1. The van der Waals surface area contributed by atoms with Gasteiger partial charge in [-0.2, -0.15) is 0 Å². The number of nitrogens with zero attached hydrogens (tertiary/aromatic N) is 5. The van der Waals surface area contributed by atoms with Gasteiger partial charge >= 0.3 is 5.97 Å². The quantitative estimate of drug-likeness (QED) is 0.355. The molecule has 0 saturated carbocycles. The third kappa shape index (κ3) is 4.91. The lowest BCUT2D eigenvalue weighted by molar-refractivity contribution is 0.0472. The van der Waals surface area contributed by atoms with Gasteiger partial charge in [-0.3, -0.25) is 4.98 Å². The number of hydrogen-bond acceptors (Lipinski definition) is 7. The van der Waals surface area contributed by atoms with Gasteiger partial charge in [-0.1, -0.05) is 37.6 Å². The first kappa shape index (κ1) is 21.8. The molecule has 8 heteroatoms. The number of benzene rings is 1. The van der Waals surface area contributed by atoms with Crippen LogP contribution >= 0.6 is 11.3 Å². The lowest BCUT2D eigenvalue weighted by Gasteiger charge is -2.02. The Morgan fingerprint density at radius 1 is 1.12 bits per heavy atom. The molecule has 3 aromatic heterocycles. The molecule has 0 saturated heterocycles. The SMILES string of the molecule is CCCc1cc(-c2nc(C)c(C(=O)OCc3cn(-c4ccc(CC)cc4)nn3)s2)ccn1. The number of hydrogen-bond donors (Lipinski definition) is 0. The number of aromatic nitrogens is 5. The van der Waals surface area contributed by atoms with E-state index in [0.29, 0.717) is 16.3 Å². The van der Waals surface area contributed by atoms with Crippen molar-refractivity contribution in [2.75, 3.05) is 0 Å². The van der Waals surface area contributed by atoms with Gasteiger partial charge in [0.15, 0.2) is 0 Å². The molecule has 1 aromatic carbocycles. The van der Waals surface area contributed by atoms with Gasteiger partial charge in [0.1, 0.15) is 22.2 Å². The number of carbonyl (C=O) groups excluding carboxylic acids is 1. The Balaban J connectivity index is 1.42. The Bertz CT molecular complexity index is 1210. The molecule has 32 heavy (non-hydrogen) atoms. The van der Waals surface area contributed by atoms with Crippen molar-refractivity contribution in [1.29, 1.82) is 0 Å². The molecule has 0 unspecified atom stereocenters. The molecule has 0 aliphatic carbocycles. The van der Waals surface area contributed by atoms with Crippen molar-refractivity contribution in [3.05, 3.63) is 76.3 Å². The van der Waals surface area contributed by atoms with Crippen LogP contribution in [0.15, 0.2) is 48.8 Å². The predicted octanol–water partition coefficient (Wildman–Crippen LogP) is 4.97. The number of ether oxygens (including phenoxy) is 1. The number of aryl methyl sites for hydroxylation is 3. The number of thiazole rings is 1. The summed E-state index contributed by atoms with van der Waals surface area (Å²) in [6.45, 7) is 6.11. The second-order valence-corrected chi connectivity index (χ2v) is 8.47. The van der Waals surface area contributed by atoms with E-state index in [2.05, 4.69) is 46.3 Å². The van der Waals surface area contributed by atoms with Gasteiger partial charge in [-0.05, 0) is 49.6 Å². The van der Waals surface area contributed by atoms with E-state index in [9.17, 15) is 4.79 Å². The molecule has 4 aromatic rings. The summed E-state index contributed by atoms with van der Waals surface area (Å²) in [6, 6.07) is 12.1. The monoisotopic (exact) mass is 447 g/mol. The maximum atomic E-state index is 12.7. The van der Waals surface area contributed by atoms with Crippen molar-refractivity contribution >= 4 is 17.3 Å². The minimum absolute atomic E-state index is 0.0501. The summed E-state index contributed by atoms with van der Waals surface area (Å²) >= 11 is 1.33. The molecule has 4 rings (SSSR count).